The van der Waals surface area contributed by atoms with E-state index in [1.807, 2.05) is 9.80 Å². The van der Waals surface area contributed by atoms with Gasteiger partial charge in [0, 0.05) is 39.3 Å². The molecule has 2 aliphatic rings. The van der Waals surface area contributed by atoms with Crippen LogP contribution < -0.4 is 10.6 Å². The molecule has 138 valence electrons. The fraction of sp³-hybridized carbons (Fsp3) is 0.889. The van der Waals surface area contributed by atoms with E-state index in [4.69, 9.17) is 0 Å². The molecule has 2 rings (SSSR count). The van der Waals surface area contributed by atoms with E-state index in [0.29, 0.717) is 0 Å². The van der Waals surface area contributed by atoms with Crippen LogP contribution in [-0.2, 0) is 0 Å². The second kappa shape index (κ2) is 11.2. The summed E-state index contributed by atoms with van der Waals surface area (Å²) in [6.45, 7) is 5.14. The molecule has 0 atom stereocenters. The number of amides is 4. The summed E-state index contributed by atoms with van der Waals surface area (Å²) < 4.78 is 0. The third kappa shape index (κ3) is 6.97. The Labute approximate surface area is 146 Å². The first kappa shape index (κ1) is 18.9. The van der Waals surface area contributed by atoms with E-state index in [1.54, 1.807) is 0 Å². The Morgan fingerprint density at radius 1 is 0.583 bits per heavy atom. The highest BCUT2D eigenvalue weighted by Crippen LogP contribution is 2.09. The van der Waals surface area contributed by atoms with E-state index >= 15 is 0 Å². The van der Waals surface area contributed by atoms with Crippen molar-refractivity contribution in [1.82, 2.24) is 20.4 Å². The van der Waals surface area contributed by atoms with E-state index in [1.165, 1.54) is 12.8 Å². The van der Waals surface area contributed by atoms with Gasteiger partial charge >= 0.3 is 12.1 Å². The highest BCUT2D eigenvalue weighted by atomic mass is 16.2. The average molecular weight is 338 g/mol. The zero-order valence-electron chi connectivity index (χ0n) is 15.0. The standard InChI is InChI=1S/C18H34N4O2/c23-17(21-13-7-3-8-14-21)19-11-5-1-2-6-12-20-18(24)22-15-9-4-10-16-22/h1-16H2,(H,19,23)(H,20,24). The molecule has 0 bridgehead atoms. The van der Waals surface area contributed by atoms with Crippen LogP contribution in [-0.4, -0.2) is 61.1 Å². The van der Waals surface area contributed by atoms with Crippen molar-refractivity contribution >= 4 is 12.1 Å². The van der Waals surface area contributed by atoms with Crippen LogP contribution in [0.1, 0.15) is 64.2 Å². The van der Waals surface area contributed by atoms with Crippen molar-refractivity contribution in [2.75, 3.05) is 39.3 Å². The number of hydrogen-bond donors (Lipinski definition) is 2. The predicted octanol–water partition coefficient (Wildman–Crippen LogP) is 2.94. The molecule has 0 aromatic rings. The minimum Gasteiger partial charge on any atom is -0.338 e. The molecule has 0 unspecified atom stereocenters. The number of carbonyl (C=O) groups is 2. The van der Waals surface area contributed by atoms with Gasteiger partial charge in [0.05, 0.1) is 0 Å². The van der Waals surface area contributed by atoms with Gasteiger partial charge in [-0.15, -0.1) is 0 Å². The van der Waals surface area contributed by atoms with Crippen molar-refractivity contribution in [3.05, 3.63) is 0 Å². The molecule has 2 saturated heterocycles. The second-order valence-corrected chi connectivity index (χ2v) is 6.97. The van der Waals surface area contributed by atoms with E-state index in [9.17, 15) is 9.59 Å². The van der Waals surface area contributed by atoms with Gasteiger partial charge in [0.15, 0.2) is 0 Å². The molecular formula is C18H34N4O2. The summed E-state index contributed by atoms with van der Waals surface area (Å²) in [5, 5.41) is 6.03. The molecule has 0 radical (unpaired) electrons. The number of unbranched alkanes of at least 4 members (excludes halogenated alkanes) is 3. The van der Waals surface area contributed by atoms with Crippen molar-refractivity contribution in [3.8, 4) is 0 Å². The van der Waals surface area contributed by atoms with E-state index in [0.717, 1.165) is 90.6 Å². The molecule has 4 amide bonds. The van der Waals surface area contributed by atoms with E-state index < -0.39 is 0 Å². The molecule has 2 fully saturated rings. The zero-order valence-corrected chi connectivity index (χ0v) is 15.0. The number of carbonyl (C=O) groups excluding carboxylic acids is 2. The van der Waals surface area contributed by atoms with Gasteiger partial charge in [-0.3, -0.25) is 0 Å². The molecule has 6 heteroatoms. The maximum absolute atomic E-state index is 11.9. The van der Waals surface area contributed by atoms with Crippen LogP contribution >= 0.6 is 0 Å². The van der Waals surface area contributed by atoms with Crippen molar-refractivity contribution < 1.29 is 9.59 Å². The van der Waals surface area contributed by atoms with Crippen LogP contribution in [0.2, 0.25) is 0 Å². The molecule has 0 spiro atoms. The Hall–Kier alpha value is -1.46. The van der Waals surface area contributed by atoms with Crippen molar-refractivity contribution in [1.29, 1.82) is 0 Å². The molecule has 6 nitrogen and oxygen atoms in total. The highest BCUT2D eigenvalue weighted by Gasteiger charge is 2.16. The van der Waals surface area contributed by atoms with Gasteiger partial charge in [-0.05, 0) is 51.4 Å². The quantitative estimate of drug-likeness (QED) is 0.701. The number of rotatable bonds is 7. The van der Waals surface area contributed by atoms with Gasteiger partial charge in [0.2, 0.25) is 0 Å². The smallest absolute Gasteiger partial charge is 0.317 e. The summed E-state index contributed by atoms with van der Waals surface area (Å²) in [6.07, 6.45) is 11.3. The zero-order chi connectivity index (χ0) is 17.0. The van der Waals surface area contributed by atoms with Crippen LogP contribution in [0, 0.1) is 0 Å². The number of nitrogens with one attached hydrogen (secondary N) is 2. The Bertz CT molecular complexity index is 341. The van der Waals surface area contributed by atoms with Crippen molar-refractivity contribution in [3.63, 3.8) is 0 Å². The Kier molecular flexibility index (Phi) is 8.77. The van der Waals surface area contributed by atoms with E-state index in [2.05, 4.69) is 10.6 Å². The fourth-order valence-electron chi connectivity index (χ4n) is 3.41. The van der Waals surface area contributed by atoms with Gasteiger partial charge in [-0.25, -0.2) is 9.59 Å². The number of hydrogen-bond acceptors (Lipinski definition) is 2. The van der Waals surface area contributed by atoms with Gasteiger partial charge < -0.3 is 20.4 Å². The third-order valence-electron chi connectivity index (χ3n) is 4.94. The monoisotopic (exact) mass is 338 g/mol. The number of nitrogens with zero attached hydrogens (tertiary/aromatic N) is 2. The highest BCUT2D eigenvalue weighted by molar-refractivity contribution is 5.74. The Morgan fingerprint density at radius 3 is 1.33 bits per heavy atom. The average Bonchev–Trinajstić information content (AvgIpc) is 2.65. The second-order valence-electron chi connectivity index (χ2n) is 6.97. The van der Waals surface area contributed by atoms with Crippen LogP contribution in [0.15, 0.2) is 0 Å². The summed E-state index contributed by atoms with van der Waals surface area (Å²) >= 11 is 0. The number of piperidine rings is 2. The first-order valence-electron chi connectivity index (χ1n) is 9.83. The molecule has 0 aliphatic carbocycles. The maximum Gasteiger partial charge on any atom is 0.317 e. The lowest BCUT2D eigenvalue weighted by molar-refractivity contribution is 0.185. The largest absolute Gasteiger partial charge is 0.338 e. The summed E-state index contributed by atoms with van der Waals surface area (Å²) in [5.74, 6) is 0. The molecule has 0 saturated carbocycles. The topological polar surface area (TPSA) is 64.7 Å². The molecule has 2 N–H and O–H groups in total. The first-order chi connectivity index (χ1) is 11.8. The lowest BCUT2D eigenvalue weighted by Gasteiger charge is -2.27. The minimum atomic E-state index is 0.100. The Balaban J connectivity index is 1.40. The molecule has 24 heavy (non-hydrogen) atoms. The SMILES string of the molecule is O=C(NCCCCCCNC(=O)N1CCCCC1)N1CCCCC1. The van der Waals surface area contributed by atoms with Crippen molar-refractivity contribution in [2.24, 2.45) is 0 Å². The molecule has 2 aliphatic heterocycles. The Morgan fingerprint density at radius 2 is 0.958 bits per heavy atom. The van der Waals surface area contributed by atoms with Gasteiger partial charge in [-0.2, -0.15) is 0 Å². The van der Waals surface area contributed by atoms with Crippen LogP contribution in [0.3, 0.4) is 0 Å². The maximum atomic E-state index is 11.9. The molecular weight excluding hydrogens is 304 g/mol. The van der Waals surface area contributed by atoms with Gasteiger partial charge in [0.1, 0.15) is 0 Å². The summed E-state index contributed by atoms with van der Waals surface area (Å²) in [4.78, 5) is 27.7. The number of likely N-dealkylation sites (tertiary alicyclic amines) is 2. The lowest BCUT2D eigenvalue weighted by atomic mass is 10.1. The molecule has 2 heterocycles. The summed E-state index contributed by atoms with van der Waals surface area (Å²) in [7, 11) is 0. The fourth-order valence-corrected chi connectivity index (χ4v) is 3.41. The van der Waals surface area contributed by atoms with E-state index in [-0.39, 0.29) is 12.1 Å². The van der Waals surface area contributed by atoms with Gasteiger partial charge in [0.25, 0.3) is 0 Å². The first-order valence-corrected chi connectivity index (χ1v) is 9.83. The predicted molar refractivity (Wildman–Crippen MR) is 96.1 cm³/mol. The van der Waals surface area contributed by atoms with Crippen LogP contribution in [0.4, 0.5) is 9.59 Å². The van der Waals surface area contributed by atoms with Crippen molar-refractivity contribution in [2.45, 2.75) is 64.2 Å². The van der Waals surface area contributed by atoms with Crippen LogP contribution in [0.5, 0.6) is 0 Å². The lowest BCUT2D eigenvalue weighted by Crippen LogP contribution is -2.43. The minimum absolute atomic E-state index is 0.100. The third-order valence-corrected chi connectivity index (χ3v) is 4.94. The summed E-state index contributed by atoms with van der Waals surface area (Å²) in [5.41, 5.74) is 0. The summed E-state index contributed by atoms with van der Waals surface area (Å²) in [6, 6.07) is 0.201. The normalized spacial score (nSPS) is 18.3. The van der Waals surface area contributed by atoms with Gasteiger partial charge in [-0.1, -0.05) is 12.8 Å². The molecule has 0 aromatic carbocycles. The number of urea groups is 2. The van der Waals surface area contributed by atoms with Crippen LogP contribution in [0.25, 0.3) is 0 Å². The molecule has 0 aromatic heterocycles.